The molecule has 6 rings (SSSR count). The van der Waals surface area contributed by atoms with Gasteiger partial charge in [0.05, 0.1) is 25.3 Å². The Labute approximate surface area is 226 Å². The van der Waals surface area contributed by atoms with Crippen LogP contribution < -0.4 is 0 Å². The van der Waals surface area contributed by atoms with Gasteiger partial charge in [-0.3, -0.25) is 9.69 Å². The number of rotatable bonds is 5. The van der Waals surface area contributed by atoms with E-state index >= 15 is 0 Å². The van der Waals surface area contributed by atoms with Gasteiger partial charge in [0, 0.05) is 23.8 Å². The Morgan fingerprint density at radius 2 is 1.27 bits per heavy atom. The molecule has 0 spiro atoms. The van der Waals surface area contributed by atoms with Crippen LogP contribution in [0.15, 0.2) is 48.5 Å². The SMILES string of the molecule is O=C(Cc1c(F)c(F)c(F)c(F)c1F)C1CC2COCC(C1)N2C(=O)OCC1c2ccccc2-c2ccccc21. The number of benzene rings is 3. The Balaban J connectivity index is 1.15. The molecule has 1 aliphatic carbocycles. The molecule has 0 saturated carbocycles. The molecule has 3 aliphatic rings. The average Bonchev–Trinajstić information content (AvgIpc) is 3.28. The quantitative estimate of drug-likeness (QED) is 0.222. The van der Waals surface area contributed by atoms with Crippen LogP contribution in [0.4, 0.5) is 26.7 Å². The second-order valence-electron chi connectivity index (χ2n) is 10.4. The number of nitrogens with zero attached hydrogens (tertiary/aromatic N) is 1. The molecule has 40 heavy (non-hydrogen) atoms. The highest BCUT2D eigenvalue weighted by Gasteiger charge is 2.45. The van der Waals surface area contributed by atoms with E-state index in [1.54, 1.807) is 4.90 Å². The lowest BCUT2D eigenvalue weighted by atomic mass is 9.81. The van der Waals surface area contributed by atoms with Gasteiger partial charge in [-0.2, -0.15) is 0 Å². The van der Waals surface area contributed by atoms with Gasteiger partial charge in [-0.1, -0.05) is 48.5 Å². The number of carbonyl (C=O) groups is 2. The third-order valence-corrected chi connectivity index (χ3v) is 8.17. The Kier molecular flexibility index (Phi) is 6.82. The maximum Gasteiger partial charge on any atom is 0.410 e. The van der Waals surface area contributed by atoms with Crippen LogP contribution in [-0.2, 0) is 20.7 Å². The molecule has 2 unspecified atom stereocenters. The van der Waals surface area contributed by atoms with E-state index in [1.807, 2.05) is 48.5 Å². The first-order valence-corrected chi connectivity index (χ1v) is 13.0. The summed E-state index contributed by atoms with van der Waals surface area (Å²) in [5.74, 6) is -12.0. The number of morpholine rings is 1. The average molecular weight is 558 g/mol. The number of carbonyl (C=O) groups excluding carboxylic acids is 2. The molecule has 0 N–H and O–H groups in total. The van der Waals surface area contributed by atoms with Crippen LogP contribution >= 0.6 is 0 Å². The smallest absolute Gasteiger partial charge is 0.410 e. The summed E-state index contributed by atoms with van der Waals surface area (Å²) in [6.45, 7) is 0.381. The predicted octanol–water partition coefficient (Wildman–Crippen LogP) is 5.92. The van der Waals surface area contributed by atoms with Gasteiger partial charge in [0.1, 0.15) is 12.4 Å². The van der Waals surface area contributed by atoms with Crippen LogP contribution in [0, 0.1) is 35.0 Å². The summed E-state index contributed by atoms with van der Waals surface area (Å²) in [6.07, 6.45) is -1.25. The standard InChI is InChI=1S/C30H24F5NO4/c31-25-22(26(32)28(34)29(35)27(25)33)11-24(37)15-9-16-12-39-13-17(10-15)36(16)30(38)40-14-23-20-7-3-1-5-18(20)19-6-2-4-8-21(19)23/h1-8,15-17,23H,9-14H2. The fraction of sp³-hybridized carbons (Fsp3) is 0.333. The molecule has 2 bridgehead atoms. The van der Waals surface area contributed by atoms with Crippen LogP contribution in [-0.4, -0.2) is 48.7 Å². The number of ether oxygens (including phenoxy) is 2. The zero-order valence-corrected chi connectivity index (χ0v) is 21.1. The molecule has 0 radical (unpaired) electrons. The molecule has 2 heterocycles. The van der Waals surface area contributed by atoms with Crippen molar-refractivity contribution in [3.8, 4) is 11.1 Å². The van der Waals surface area contributed by atoms with Gasteiger partial charge in [-0.05, 0) is 35.1 Å². The number of Topliss-reactive ketones (excluding diaryl/α,β-unsaturated/α-hetero) is 1. The molecule has 10 heteroatoms. The molecular weight excluding hydrogens is 533 g/mol. The summed E-state index contributed by atoms with van der Waals surface area (Å²) in [7, 11) is 0. The predicted molar refractivity (Wildman–Crippen MR) is 133 cm³/mol. The van der Waals surface area contributed by atoms with Crippen LogP contribution in [0.5, 0.6) is 0 Å². The molecule has 2 aliphatic heterocycles. The molecule has 0 aromatic heterocycles. The van der Waals surface area contributed by atoms with Crippen LogP contribution in [0.3, 0.4) is 0 Å². The summed E-state index contributed by atoms with van der Waals surface area (Å²) >= 11 is 0. The minimum Gasteiger partial charge on any atom is -0.448 e. The van der Waals surface area contributed by atoms with Gasteiger partial charge in [0.25, 0.3) is 0 Å². The number of hydrogen-bond acceptors (Lipinski definition) is 4. The van der Waals surface area contributed by atoms with Crippen molar-refractivity contribution in [1.82, 2.24) is 4.90 Å². The molecule has 208 valence electrons. The normalized spacial score (nSPS) is 21.6. The van der Waals surface area contributed by atoms with Gasteiger partial charge in [0.2, 0.25) is 5.82 Å². The molecule has 2 saturated heterocycles. The fourth-order valence-corrected chi connectivity index (χ4v) is 6.27. The largest absolute Gasteiger partial charge is 0.448 e. The van der Waals surface area contributed by atoms with Gasteiger partial charge < -0.3 is 9.47 Å². The van der Waals surface area contributed by atoms with Crippen LogP contribution in [0.25, 0.3) is 11.1 Å². The minimum absolute atomic E-state index is 0.117. The first-order valence-electron chi connectivity index (χ1n) is 13.0. The highest BCUT2D eigenvalue weighted by molar-refractivity contribution is 5.84. The van der Waals surface area contributed by atoms with Crippen molar-refractivity contribution in [3.63, 3.8) is 0 Å². The Bertz CT molecular complexity index is 1420. The van der Waals surface area contributed by atoms with E-state index in [4.69, 9.17) is 9.47 Å². The summed E-state index contributed by atoms with van der Waals surface area (Å²) in [5.41, 5.74) is 3.17. The van der Waals surface area contributed by atoms with E-state index < -0.39 is 70.9 Å². The maximum atomic E-state index is 14.2. The maximum absolute atomic E-state index is 14.2. The second kappa shape index (κ2) is 10.3. The first-order chi connectivity index (χ1) is 19.3. The van der Waals surface area contributed by atoms with Crippen molar-refractivity contribution in [2.75, 3.05) is 19.8 Å². The number of amides is 1. The number of halogens is 5. The third kappa shape index (κ3) is 4.34. The molecule has 1 amide bonds. The van der Waals surface area contributed by atoms with Gasteiger partial charge in [0.15, 0.2) is 23.3 Å². The van der Waals surface area contributed by atoms with Gasteiger partial charge in [-0.15, -0.1) is 0 Å². The zero-order chi connectivity index (χ0) is 28.1. The van der Waals surface area contributed by atoms with E-state index in [-0.39, 0.29) is 38.6 Å². The summed E-state index contributed by atoms with van der Waals surface area (Å²) < 4.78 is 80.4. The monoisotopic (exact) mass is 557 g/mol. The highest BCUT2D eigenvalue weighted by atomic mass is 19.2. The van der Waals surface area contributed by atoms with E-state index in [0.717, 1.165) is 22.3 Å². The molecular formula is C30H24F5NO4. The van der Waals surface area contributed by atoms with Crippen molar-refractivity contribution < 1.29 is 41.0 Å². The lowest BCUT2D eigenvalue weighted by Crippen LogP contribution is -2.60. The Morgan fingerprint density at radius 1 is 0.775 bits per heavy atom. The summed E-state index contributed by atoms with van der Waals surface area (Å²) in [4.78, 5) is 27.8. The Morgan fingerprint density at radius 3 is 1.82 bits per heavy atom. The second-order valence-corrected chi connectivity index (χ2v) is 10.4. The summed E-state index contributed by atoms with van der Waals surface area (Å²) in [5, 5.41) is 0. The topological polar surface area (TPSA) is 55.8 Å². The fourth-order valence-electron chi connectivity index (χ4n) is 6.27. The third-order valence-electron chi connectivity index (χ3n) is 8.17. The number of fused-ring (bicyclic) bond motifs is 5. The molecule has 5 nitrogen and oxygen atoms in total. The van der Waals surface area contributed by atoms with E-state index in [2.05, 4.69) is 0 Å². The van der Waals surface area contributed by atoms with Crippen molar-refractivity contribution >= 4 is 11.9 Å². The first kappa shape index (κ1) is 26.4. The lowest BCUT2D eigenvalue weighted by Gasteiger charge is -2.47. The lowest BCUT2D eigenvalue weighted by molar-refractivity contribution is -0.130. The number of hydrogen-bond donors (Lipinski definition) is 0. The van der Waals surface area contributed by atoms with Crippen molar-refractivity contribution in [2.24, 2.45) is 5.92 Å². The van der Waals surface area contributed by atoms with E-state index in [0.29, 0.717) is 0 Å². The molecule has 3 aromatic rings. The zero-order valence-electron chi connectivity index (χ0n) is 21.1. The van der Waals surface area contributed by atoms with Crippen LogP contribution in [0.2, 0.25) is 0 Å². The van der Waals surface area contributed by atoms with Crippen molar-refractivity contribution in [3.05, 3.63) is 94.3 Å². The Hall–Kier alpha value is -3.79. The number of piperidine rings is 1. The van der Waals surface area contributed by atoms with Crippen molar-refractivity contribution in [2.45, 2.75) is 37.3 Å². The molecule has 2 fully saturated rings. The van der Waals surface area contributed by atoms with Crippen molar-refractivity contribution in [1.29, 1.82) is 0 Å². The number of ketones is 1. The summed E-state index contributed by atoms with van der Waals surface area (Å²) in [6, 6.07) is 14.8. The van der Waals surface area contributed by atoms with Crippen LogP contribution in [0.1, 0.15) is 35.4 Å². The molecule has 3 aromatic carbocycles. The highest BCUT2D eigenvalue weighted by Crippen LogP contribution is 2.45. The van der Waals surface area contributed by atoms with Gasteiger partial charge >= 0.3 is 6.09 Å². The van der Waals surface area contributed by atoms with E-state index in [9.17, 15) is 31.5 Å². The minimum atomic E-state index is -2.27. The molecule has 2 atom stereocenters. The van der Waals surface area contributed by atoms with Gasteiger partial charge in [-0.25, -0.2) is 26.7 Å². The van der Waals surface area contributed by atoms with E-state index in [1.165, 1.54) is 0 Å².